The van der Waals surface area contributed by atoms with Gasteiger partial charge in [0, 0.05) is 11.6 Å². The van der Waals surface area contributed by atoms with Crippen LogP contribution >= 0.6 is 0 Å². The number of aromatic nitrogens is 2. The molecule has 1 aliphatic rings. The molecule has 72 valence electrons. The Kier molecular flexibility index (Phi) is 2.38. The third-order valence-corrected chi connectivity index (χ3v) is 3.28. The summed E-state index contributed by atoms with van der Waals surface area (Å²) >= 11 is 0. The van der Waals surface area contributed by atoms with Gasteiger partial charge in [0.1, 0.15) is 0 Å². The Hall–Kier alpha value is -0.790. The second-order valence-corrected chi connectivity index (χ2v) is 4.19. The lowest BCUT2D eigenvalue weighted by atomic mass is 9.85. The molecule has 13 heavy (non-hydrogen) atoms. The van der Waals surface area contributed by atoms with Gasteiger partial charge >= 0.3 is 0 Å². The van der Waals surface area contributed by atoms with Crippen molar-refractivity contribution >= 4 is 0 Å². The number of hydrogen-bond acceptors (Lipinski definition) is 1. The lowest BCUT2D eigenvalue weighted by Gasteiger charge is -2.20. The van der Waals surface area contributed by atoms with Crippen molar-refractivity contribution in [3.05, 3.63) is 17.0 Å². The monoisotopic (exact) mass is 178 g/mol. The predicted molar refractivity (Wildman–Crippen MR) is 53.9 cm³/mol. The second-order valence-electron chi connectivity index (χ2n) is 4.19. The van der Waals surface area contributed by atoms with Crippen LogP contribution in [0.2, 0.25) is 0 Å². The molecule has 1 aromatic rings. The Morgan fingerprint density at radius 1 is 1.15 bits per heavy atom. The van der Waals surface area contributed by atoms with Crippen LogP contribution in [0.3, 0.4) is 0 Å². The van der Waals surface area contributed by atoms with Gasteiger partial charge in [-0.2, -0.15) is 5.10 Å². The molecule has 0 unspecified atom stereocenters. The summed E-state index contributed by atoms with van der Waals surface area (Å²) in [4.78, 5) is 0. The molecular formula is C11H18N2. The van der Waals surface area contributed by atoms with E-state index in [4.69, 9.17) is 0 Å². The maximum atomic E-state index is 4.41. The van der Waals surface area contributed by atoms with Crippen molar-refractivity contribution in [2.75, 3.05) is 0 Å². The van der Waals surface area contributed by atoms with Crippen LogP contribution in [-0.2, 0) is 0 Å². The van der Waals surface area contributed by atoms with Gasteiger partial charge in [-0.05, 0) is 32.3 Å². The third kappa shape index (κ3) is 1.62. The van der Waals surface area contributed by atoms with E-state index < -0.39 is 0 Å². The SMILES string of the molecule is Cc1[nH]nc(C2CCCCC2)c1C. The second kappa shape index (κ2) is 3.52. The number of aryl methyl sites for hydroxylation is 1. The number of rotatable bonds is 1. The average Bonchev–Trinajstić information content (AvgIpc) is 2.49. The molecule has 2 rings (SSSR count). The van der Waals surface area contributed by atoms with E-state index >= 15 is 0 Å². The molecular weight excluding hydrogens is 160 g/mol. The molecule has 0 saturated heterocycles. The van der Waals surface area contributed by atoms with Crippen molar-refractivity contribution in [2.24, 2.45) is 0 Å². The normalized spacial score (nSPS) is 19.2. The van der Waals surface area contributed by atoms with E-state index in [-0.39, 0.29) is 0 Å². The molecule has 0 aromatic carbocycles. The molecule has 1 N–H and O–H groups in total. The van der Waals surface area contributed by atoms with E-state index in [1.54, 1.807) is 0 Å². The largest absolute Gasteiger partial charge is 0.282 e. The van der Waals surface area contributed by atoms with Crippen molar-refractivity contribution in [1.82, 2.24) is 10.2 Å². The summed E-state index contributed by atoms with van der Waals surface area (Å²) in [5.41, 5.74) is 3.95. The summed E-state index contributed by atoms with van der Waals surface area (Å²) in [7, 11) is 0. The van der Waals surface area contributed by atoms with Crippen LogP contribution in [0.25, 0.3) is 0 Å². The van der Waals surface area contributed by atoms with Gasteiger partial charge in [-0.1, -0.05) is 19.3 Å². The summed E-state index contributed by atoms with van der Waals surface area (Å²) in [6, 6.07) is 0. The van der Waals surface area contributed by atoms with Crippen LogP contribution in [0.4, 0.5) is 0 Å². The molecule has 1 saturated carbocycles. The molecule has 0 amide bonds. The van der Waals surface area contributed by atoms with Gasteiger partial charge in [-0.15, -0.1) is 0 Å². The van der Waals surface area contributed by atoms with Gasteiger partial charge in [0.2, 0.25) is 0 Å². The third-order valence-electron chi connectivity index (χ3n) is 3.28. The van der Waals surface area contributed by atoms with Gasteiger partial charge in [0.25, 0.3) is 0 Å². The zero-order valence-electron chi connectivity index (χ0n) is 8.56. The van der Waals surface area contributed by atoms with Crippen molar-refractivity contribution in [3.8, 4) is 0 Å². The number of hydrogen-bond donors (Lipinski definition) is 1. The van der Waals surface area contributed by atoms with Crippen LogP contribution in [0.1, 0.15) is 55.0 Å². The maximum Gasteiger partial charge on any atom is 0.0684 e. The van der Waals surface area contributed by atoms with Gasteiger partial charge in [0.05, 0.1) is 5.69 Å². The fraction of sp³-hybridized carbons (Fsp3) is 0.727. The summed E-state index contributed by atoms with van der Waals surface area (Å²) in [6.45, 7) is 4.29. The summed E-state index contributed by atoms with van der Waals surface area (Å²) in [5, 5.41) is 7.50. The molecule has 1 aromatic heterocycles. The minimum absolute atomic E-state index is 0.735. The van der Waals surface area contributed by atoms with Crippen LogP contribution in [0, 0.1) is 13.8 Å². The number of H-pyrrole nitrogens is 1. The Bertz CT molecular complexity index is 282. The first kappa shape index (κ1) is 8.79. The molecule has 0 spiro atoms. The molecule has 0 aliphatic heterocycles. The average molecular weight is 178 g/mol. The summed E-state index contributed by atoms with van der Waals surface area (Å²) in [5.74, 6) is 0.735. The molecule has 1 heterocycles. The molecule has 0 bridgehead atoms. The topological polar surface area (TPSA) is 28.7 Å². The standard InChI is InChI=1S/C11H18N2/c1-8-9(2)12-13-11(8)10-6-4-3-5-7-10/h10H,3-7H2,1-2H3,(H,12,13). The van der Waals surface area contributed by atoms with Crippen molar-refractivity contribution in [3.63, 3.8) is 0 Å². The summed E-state index contributed by atoms with van der Waals surface area (Å²) in [6.07, 6.45) is 6.86. The number of nitrogens with one attached hydrogen (secondary N) is 1. The maximum absolute atomic E-state index is 4.41. The van der Waals surface area contributed by atoms with Crippen molar-refractivity contribution in [2.45, 2.75) is 51.9 Å². The van der Waals surface area contributed by atoms with E-state index in [2.05, 4.69) is 24.0 Å². The fourth-order valence-corrected chi connectivity index (χ4v) is 2.28. The molecule has 2 nitrogen and oxygen atoms in total. The van der Waals surface area contributed by atoms with Crippen molar-refractivity contribution < 1.29 is 0 Å². The Morgan fingerprint density at radius 3 is 2.38 bits per heavy atom. The Labute approximate surface area is 79.7 Å². The number of nitrogens with zero attached hydrogens (tertiary/aromatic N) is 1. The van der Waals surface area contributed by atoms with Gasteiger partial charge in [0.15, 0.2) is 0 Å². The van der Waals surface area contributed by atoms with Crippen LogP contribution in [0.15, 0.2) is 0 Å². The molecule has 0 radical (unpaired) electrons. The minimum atomic E-state index is 0.735. The smallest absolute Gasteiger partial charge is 0.0684 e. The van der Waals surface area contributed by atoms with E-state index in [1.807, 2.05) is 0 Å². The predicted octanol–water partition coefficient (Wildman–Crippen LogP) is 3.07. The highest BCUT2D eigenvalue weighted by Crippen LogP contribution is 2.33. The van der Waals surface area contributed by atoms with Gasteiger partial charge in [-0.25, -0.2) is 0 Å². The van der Waals surface area contributed by atoms with E-state index in [0.29, 0.717) is 0 Å². The van der Waals surface area contributed by atoms with Crippen LogP contribution in [0.5, 0.6) is 0 Å². The quantitative estimate of drug-likeness (QED) is 0.703. The molecule has 0 atom stereocenters. The lowest BCUT2D eigenvalue weighted by Crippen LogP contribution is -2.06. The zero-order chi connectivity index (χ0) is 9.26. The Balaban J connectivity index is 2.18. The molecule has 1 aliphatic carbocycles. The van der Waals surface area contributed by atoms with Crippen molar-refractivity contribution in [1.29, 1.82) is 0 Å². The zero-order valence-corrected chi connectivity index (χ0v) is 8.56. The fourth-order valence-electron chi connectivity index (χ4n) is 2.28. The Morgan fingerprint density at radius 2 is 1.85 bits per heavy atom. The van der Waals surface area contributed by atoms with E-state index in [9.17, 15) is 0 Å². The number of aromatic amines is 1. The first-order valence-electron chi connectivity index (χ1n) is 5.30. The lowest BCUT2D eigenvalue weighted by molar-refractivity contribution is 0.435. The van der Waals surface area contributed by atoms with E-state index in [0.717, 1.165) is 5.92 Å². The highest BCUT2D eigenvalue weighted by Gasteiger charge is 2.20. The van der Waals surface area contributed by atoms with Gasteiger partial charge in [-0.3, -0.25) is 5.10 Å². The summed E-state index contributed by atoms with van der Waals surface area (Å²) < 4.78 is 0. The van der Waals surface area contributed by atoms with Gasteiger partial charge < -0.3 is 0 Å². The molecule has 1 fully saturated rings. The first-order valence-corrected chi connectivity index (χ1v) is 5.30. The first-order chi connectivity index (χ1) is 6.29. The highest BCUT2D eigenvalue weighted by molar-refractivity contribution is 5.25. The van der Waals surface area contributed by atoms with Crippen LogP contribution < -0.4 is 0 Å². The van der Waals surface area contributed by atoms with E-state index in [1.165, 1.54) is 49.1 Å². The van der Waals surface area contributed by atoms with Crippen LogP contribution in [-0.4, -0.2) is 10.2 Å². The minimum Gasteiger partial charge on any atom is -0.282 e. The highest BCUT2D eigenvalue weighted by atomic mass is 15.1. The molecule has 2 heteroatoms.